The molecule has 4 aromatic carbocycles. The Kier molecular flexibility index (Phi) is 28.0. The number of carboxylic acids is 1. The van der Waals surface area contributed by atoms with Gasteiger partial charge in [-0.3, -0.25) is 71.9 Å². The Morgan fingerprint density at radius 2 is 0.530 bits per heavy atom. The molecule has 8 aliphatic rings. The van der Waals surface area contributed by atoms with E-state index in [9.17, 15) is 77.0 Å². The molecule has 12 rings (SSSR count). The number of carbonyl (C=O) groups is 15. The molecule has 5 N–H and O–H groups in total. The Bertz CT molecular complexity index is 4000. The first kappa shape index (κ1) is 85.3. The second kappa shape index (κ2) is 38.3. The molecule has 117 heavy (non-hydrogen) atoms. The minimum absolute atomic E-state index is 0.247. The highest BCUT2D eigenvalue weighted by Crippen LogP contribution is 2.34. The van der Waals surface area contributed by atoms with Crippen molar-refractivity contribution in [3.63, 3.8) is 0 Å². The van der Waals surface area contributed by atoms with E-state index in [1.165, 1.54) is 55.7 Å². The number of carboxylic acid groups (broad SMARTS) is 1. The number of ether oxygens (including phenoxy) is 6. The van der Waals surface area contributed by atoms with E-state index in [0.717, 1.165) is 106 Å². The number of hydrogen-bond acceptors (Lipinski definition) is 21. The van der Waals surface area contributed by atoms with Gasteiger partial charge in [0.25, 0.3) is 0 Å². The van der Waals surface area contributed by atoms with Gasteiger partial charge in [-0.1, -0.05) is 24.3 Å². The smallest absolute Gasteiger partial charge is 0.318 e. The molecule has 4 atom stereocenters. The maximum Gasteiger partial charge on any atom is 0.318 e. The lowest BCUT2D eigenvalue weighted by Gasteiger charge is -2.31. The van der Waals surface area contributed by atoms with E-state index in [1.54, 1.807) is 0 Å². The van der Waals surface area contributed by atoms with Gasteiger partial charge in [0.15, 0.2) is 0 Å². The number of carbonyl (C=O) groups excluding carboxylic acids is 14. The van der Waals surface area contributed by atoms with Crippen LogP contribution in [0, 0.1) is 16.2 Å². The lowest BCUT2D eigenvalue weighted by Crippen LogP contribution is -2.46. The van der Waals surface area contributed by atoms with Crippen LogP contribution >= 0.6 is 0 Å². The molecule has 4 fully saturated rings. The molecular formula is C87H106N8O22. The molecule has 0 saturated carbocycles. The SMILES string of the molecule is CC(COC(=O)C(C)(COC(=O)CCC(=O)N1CCC[C@H]1C(=O)Nc1ccc2c(c1)CCC2)COC(=O)CCC(=O)N1CCC[C@H]1C(=O)Nc1ccc2c(c1)CCC2)(COC(=O)C(C)(COC(=O)CCC(=O)N1CCC[C@H]1C(=O)Nc1ccc2c(c1)CCC2)COC(=O)CCC(=O)N1CCC[C@H]1C(=O)Nc1ccc2c(c1)CCC2)C(=O)O. The van der Waals surface area contributed by atoms with Crippen molar-refractivity contribution in [1.29, 1.82) is 0 Å². The lowest BCUT2D eigenvalue weighted by atomic mass is 9.90. The molecule has 30 heteroatoms. The number of fused-ring (bicyclic) bond motifs is 4. The van der Waals surface area contributed by atoms with Gasteiger partial charge in [-0.05, 0) is 242 Å². The van der Waals surface area contributed by atoms with Crippen molar-refractivity contribution in [3.05, 3.63) is 117 Å². The molecule has 4 saturated heterocycles. The molecule has 30 nitrogen and oxygen atoms in total. The lowest BCUT2D eigenvalue weighted by molar-refractivity contribution is -0.180. The van der Waals surface area contributed by atoms with Crippen molar-refractivity contribution in [2.75, 3.05) is 87.1 Å². The molecule has 0 aromatic heterocycles. The van der Waals surface area contributed by atoms with Crippen molar-refractivity contribution < 1.29 is 105 Å². The van der Waals surface area contributed by atoms with Crippen molar-refractivity contribution in [2.24, 2.45) is 16.2 Å². The molecule has 0 unspecified atom stereocenters. The summed E-state index contributed by atoms with van der Waals surface area (Å²) >= 11 is 0. The van der Waals surface area contributed by atoms with Crippen molar-refractivity contribution in [1.82, 2.24) is 19.6 Å². The molecule has 4 aromatic rings. The van der Waals surface area contributed by atoms with Gasteiger partial charge in [-0.25, -0.2) is 0 Å². The first-order valence-electron chi connectivity index (χ1n) is 41.2. The van der Waals surface area contributed by atoms with Gasteiger partial charge < -0.3 is 74.4 Å². The van der Waals surface area contributed by atoms with E-state index >= 15 is 0 Å². The minimum atomic E-state index is -2.33. The largest absolute Gasteiger partial charge is 0.481 e. The van der Waals surface area contributed by atoms with E-state index in [4.69, 9.17) is 28.4 Å². The third kappa shape index (κ3) is 21.6. The molecule has 0 radical (unpaired) electrons. The zero-order valence-electron chi connectivity index (χ0n) is 66.9. The summed E-state index contributed by atoms with van der Waals surface area (Å²) < 4.78 is 33.6. The summed E-state index contributed by atoms with van der Waals surface area (Å²) in [6.07, 6.45) is 11.3. The number of aryl methyl sites for hydroxylation is 8. The molecule has 4 heterocycles. The van der Waals surface area contributed by atoms with Gasteiger partial charge in [-0.2, -0.15) is 0 Å². The van der Waals surface area contributed by atoms with E-state index in [0.29, 0.717) is 74.1 Å². The topological polar surface area (TPSA) is 393 Å². The fraction of sp³-hybridized carbons (Fsp3) is 0.552. The number of nitrogens with zero attached hydrogens (tertiary/aromatic N) is 4. The second-order valence-corrected chi connectivity index (χ2v) is 33.1. The number of benzene rings is 4. The number of rotatable bonds is 35. The summed E-state index contributed by atoms with van der Waals surface area (Å²) in [6, 6.07) is 19.7. The van der Waals surface area contributed by atoms with Crippen molar-refractivity contribution in [3.8, 4) is 0 Å². The van der Waals surface area contributed by atoms with Crippen LogP contribution in [0.3, 0.4) is 0 Å². The Labute approximate surface area is 679 Å². The molecule has 4 aliphatic carbocycles. The highest BCUT2D eigenvalue weighted by molar-refractivity contribution is 6.01. The standard InChI is InChI=1S/C87H106N8O22/c1-85(82(108)109,48-116-83(110)86(2,50-112-74(100)36-32-70(96)92-40-8-20-66(92)78(104)88-62-28-24-54-12-4-16-58(54)44-62)51-113-75(101)37-33-71(97)93-41-9-21-67(93)79(105)89-63-29-25-55-13-5-17-59(55)45-63)49-117-84(111)87(3,52-114-76(102)38-34-72(98)94-42-10-22-68(94)80(106)90-64-30-26-56-14-6-18-60(56)46-64)53-115-77(103)39-35-73(99)95-43-11-23-69(95)81(107)91-65-31-27-57-15-7-19-61(57)47-65/h24-31,44-47,66-69H,4-23,32-43,48-53H2,1-3H3,(H,88,104)(H,89,105)(H,90,106)(H,91,107)(H,108,109)/t66-,67-,68-,69-/m0/s1. The highest BCUT2D eigenvalue weighted by Gasteiger charge is 2.47. The summed E-state index contributed by atoms with van der Waals surface area (Å²) in [6.45, 7) is -1.28. The first-order chi connectivity index (χ1) is 56.1. The van der Waals surface area contributed by atoms with E-state index in [2.05, 4.69) is 21.3 Å². The third-order valence-corrected chi connectivity index (χ3v) is 23.9. The Hall–Kier alpha value is -11.1. The van der Waals surface area contributed by atoms with E-state index in [-0.39, 0.29) is 49.8 Å². The van der Waals surface area contributed by atoms with Gasteiger partial charge in [0.05, 0.1) is 25.7 Å². The summed E-state index contributed by atoms with van der Waals surface area (Å²) in [5.74, 6) is -11.9. The van der Waals surface area contributed by atoms with Crippen molar-refractivity contribution >= 4 is 112 Å². The van der Waals surface area contributed by atoms with Crippen LogP contribution in [0.15, 0.2) is 72.8 Å². The first-order valence-corrected chi connectivity index (χ1v) is 41.2. The monoisotopic (exact) mass is 1610 g/mol. The number of anilines is 4. The average molecular weight is 1620 g/mol. The van der Waals surface area contributed by atoms with Crippen molar-refractivity contribution in [2.45, 2.75) is 225 Å². The predicted octanol–water partition coefficient (Wildman–Crippen LogP) is 7.94. The van der Waals surface area contributed by atoms with Gasteiger partial charge in [0, 0.05) is 74.6 Å². The number of hydrogen-bond donors (Lipinski definition) is 5. The average Bonchev–Trinajstić information content (AvgIpc) is 1.35. The van der Waals surface area contributed by atoms with Crippen LogP contribution in [-0.4, -0.2) is 204 Å². The number of nitrogens with one attached hydrogen (secondary N) is 4. The van der Waals surface area contributed by atoms with Crippen LogP contribution in [0.4, 0.5) is 22.7 Å². The molecule has 4 aliphatic heterocycles. The third-order valence-electron chi connectivity index (χ3n) is 23.9. The second-order valence-electron chi connectivity index (χ2n) is 33.1. The van der Waals surface area contributed by atoms with Crippen LogP contribution in [0.25, 0.3) is 0 Å². The van der Waals surface area contributed by atoms with Gasteiger partial charge in [0.1, 0.15) is 80.1 Å². The maximum atomic E-state index is 14.6. The van der Waals surface area contributed by atoms with Gasteiger partial charge in [0.2, 0.25) is 47.3 Å². The van der Waals surface area contributed by atoms with Crippen LogP contribution in [0.1, 0.15) is 194 Å². The highest BCUT2D eigenvalue weighted by atomic mass is 16.6. The van der Waals surface area contributed by atoms with E-state index < -0.39 is 197 Å². The zero-order valence-corrected chi connectivity index (χ0v) is 66.9. The number of amides is 8. The summed E-state index contributed by atoms with van der Waals surface area (Å²) in [5.41, 5.74) is 5.27. The summed E-state index contributed by atoms with van der Waals surface area (Å²) in [5, 5.41) is 22.5. The molecule has 8 amide bonds. The maximum absolute atomic E-state index is 14.6. The zero-order chi connectivity index (χ0) is 83.1. The number of aliphatic carboxylic acids is 1. The van der Waals surface area contributed by atoms with Crippen LogP contribution in [-0.2, 0) is 152 Å². The van der Waals surface area contributed by atoms with E-state index in [1.807, 2.05) is 72.8 Å². The Morgan fingerprint density at radius 1 is 0.308 bits per heavy atom. The Morgan fingerprint density at radius 3 is 0.761 bits per heavy atom. The molecule has 626 valence electrons. The summed E-state index contributed by atoms with van der Waals surface area (Å²) in [7, 11) is 0. The fourth-order valence-electron chi connectivity index (χ4n) is 16.8. The summed E-state index contributed by atoms with van der Waals surface area (Å²) in [4.78, 5) is 212. The minimum Gasteiger partial charge on any atom is -0.481 e. The fourth-order valence-corrected chi connectivity index (χ4v) is 16.8. The normalized spacial score (nSPS) is 18.5. The Balaban J connectivity index is 0.679. The van der Waals surface area contributed by atoms with Gasteiger partial charge in [-0.15, -0.1) is 0 Å². The van der Waals surface area contributed by atoms with Crippen LogP contribution in [0.2, 0.25) is 0 Å². The predicted molar refractivity (Wildman–Crippen MR) is 422 cm³/mol. The van der Waals surface area contributed by atoms with Crippen LogP contribution < -0.4 is 21.3 Å². The molecule has 0 bridgehead atoms. The van der Waals surface area contributed by atoms with Gasteiger partial charge >= 0.3 is 41.8 Å². The number of likely N-dealkylation sites (tertiary alicyclic amines) is 4. The molecular weight excluding hydrogens is 1510 g/mol. The van der Waals surface area contributed by atoms with Crippen LogP contribution in [0.5, 0.6) is 0 Å². The molecule has 0 spiro atoms. The quantitative estimate of drug-likeness (QED) is 0.0215. The number of esters is 6.